The van der Waals surface area contributed by atoms with Crippen molar-refractivity contribution in [3.63, 3.8) is 0 Å². The first-order chi connectivity index (χ1) is 9.58. The lowest BCUT2D eigenvalue weighted by Gasteiger charge is -2.32. The molecule has 1 atom stereocenters. The Morgan fingerprint density at radius 2 is 1.90 bits per heavy atom. The van der Waals surface area contributed by atoms with Crippen molar-refractivity contribution in [3.05, 3.63) is 66.0 Å². The van der Waals surface area contributed by atoms with Crippen LogP contribution in [0.4, 0.5) is 10.1 Å². The van der Waals surface area contributed by atoms with Crippen molar-refractivity contribution in [2.24, 2.45) is 5.73 Å². The number of carbonyl (C=O) groups excluding carboxylic acids is 1. The molecule has 2 aromatic rings. The summed E-state index contributed by atoms with van der Waals surface area (Å²) in [6.07, 6.45) is 0.417. The molecule has 0 saturated carbocycles. The molecule has 0 aliphatic heterocycles. The third-order valence-corrected chi connectivity index (χ3v) is 3.40. The summed E-state index contributed by atoms with van der Waals surface area (Å²) in [5, 5.41) is 3.14. The van der Waals surface area contributed by atoms with Crippen molar-refractivity contribution in [1.82, 2.24) is 0 Å². The van der Waals surface area contributed by atoms with E-state index in [2.05, 4.69) is 5.32 Å². The summed E-state index contributed by atoms with van der Waals surface area (Å²) >= 11 is 0. The fraction of sp³-hybridized carbons (Fsp3) is 0.188. The van der Waals surface area contributed by atoms with Crippen molar-refractivity contribution in [2.75, 3.05) is 5.32 Å². The van der Waals surface area contributed by atoms with E-state index in [1.165, 1.54) is 12.1 Å². The zero-order chi connectivity index (χ0) is 14.6. The molecule has 0 aromatic heterocycles. The van der Waals surface area contributed by atoms with Gasteiger partial charge >= 0.3 is 0 Å². The number of nitrogens with two attached hydrogens (primary N) is 1. The van der Waals surface area contributed by atoms with Crippen molar-refractivity contribution in [2.45, 2.75) is 18.9 Å². The zero-order valence-corrected chi connectivity index (χ0v) is 11.3. The molecule has 2 rings (SSSR count). The molecular formula is C16H17FN2O. The Kier molecular flexibility index (Phi) is 4.03. The second-order valence-electron chi connectivity index (χ2n) is 4.62. The smallest absolute Gasteiger partial charge is 0.247 e. The van der Waals surface area contributed by atoms with Crippen LogP contribution in [0.3, 0.4) is 0 Å². The fourth-order valence-electron chi connectivity index (χ4n) is 2.26. The number of halogens is 1. The molecule has 2 aromatic carbocycles. The van der Waals surface area contributed by atoms with Crippen LogP contribution in [0.5, 0.6) is 0 Å². The van der Waals surface area contributed by atoms with Gasteiger partial charge in [0.15, 0.2) is 0 Å². The molecule has 0 aliphatic carbocycles. The number of anilines is 1. The van der Waals surface area contributed by atoms with Crippen LogP contribution in [-0.4, -0.2) is 5.91 Å². The first kappa shape index (κ1) is 14.1. The summed E-state index contributed by atoms with van der Waals surface area (Å²) in [7, 11) is 0. The Morgan fingerprint density at radius 1 is 1.20 bits per heavy atom. The Labute approximate surface area is 117 Å². The number of rotatable bonds is 5. The average Bonchev–Trinajstić information content (AvgIpc) is 2.45. The lowest BCUT2D eigenvalue weighted by molar-refractivity contribution is -0.122. The highest BCUT2D eigenvalue weighted by Gasteiger charge is 2.37. The van der Waals surface area contributed by atoms with Crippen LogP contribution in [-0.2, 0) is 10.3 Å². The molecule has 4 heteroatoms. The van der Waals surface area contributed by atoms with Gasteiger partial charge in [-0.25, -0.2) is 4.39 Å². The van der Waals surface area contributed by atoms with Crippen LogP contribution in [0.25, 0.3) is 0 Å². The number of benzene rings is 2. The van der Waals surface area contributed by atoms with E-state index >= 15 is 0 Å². The fourth-order valence-corrected chi connectivity index (χ4v) is 2.26. The normalized spacial score (nSPS) is 13.5. The van der Waals surface area contributed by atoms with E-state index in [4.69, 9.17) is 5.73 Å². The highest BCUT2D eigenvalue weighted by molar-refractivity contribution is 5.89. The van der Waals surface area contributed by atoms with Crippen molar-refractivity contribution in [1.29, 1.82) is 0 Å². The number of nitrogens with one attached hydrogen (secondary N) is 1. The van der Waals surface area contributed by atoms with E-state index in [-0.39, 0.29) is 0 Å². The van der Waals surface area contributed by atoms with Gasteiger partial charge in [-0.15, -0.1) is 0 Å². The van der Waals surface area contributed by atoms with E-state index in [1.807, 2.05) is 37.3 Å². The standard InChI is InChI=1S/C16H17FN2O/c1-2-16(15(18)20,12-7-6-8-13(17)11-12)19-14-9-4-3-5-10-14/h3-11,19H,2H2,1H3,(H2,18,20). The van der Waals surface area contributed by atoms with Crippen molar-refractivity contribution in [3.8, 4) is 0 Å². The van der Waals surface area contributed by atoms with Gasteiger partial charge in [-0.3, -0.25) is 4.79 Å². The Morgan fingerprint density at radius 3 is 2.45 bits per heavy atom. The molecular weight excluding hydrogens is 255 g/mol. The maximum atomic E-state index is 13.5. The average molecular weight is 272 g/mol. The molecule has 0 fully saturated rings. The first-order valence-electron chi connectivity index (χ1n) is 6.47. The van der Waals surface area contributed by atoms with Gasteiger partial charge in [-0.2, -0.15) is 0 Å². The summed E-state index contributed by atoms with van der Waals surface area (Å²) in [6.45, 7) is 1.84. The van der Waals surface area contributed by atoms with Crippen molar-refractivity contribution < 1.29 is 9.18 Å². The number of carbonyl (C=O) groups is 1. The minimum Gasteiger partial charge on any atom is -0.368 e. The highest BCUT2D eigenvalue weighted by Crippen LogP contribution is 2.30. The van der Waals surface area contributed by atoms with E-state index in [0.717, 1.165) is 5.69 Å². The molecule has 104 valence electrons. The second kappa shape index (κ2) is 5.74. The first-order valence-corrected chi connectivity index (χ1v) is 6.47. The van der Waals surface area contributed by atoms with Crippen LogP contribution >= 0.6 is 0 Å². The van der Waals surface area contributed by atoms with Gasteiger partial charge in [0.2, 0.25) is 5.91 Å². The van der Waals surface area contributed by atoms with E-state index in [0.29, 0.717) is 12.0 Å². The van der Waals surface area contributed by atoms with Crippen LogP contribution in [0.15, 0.2) is 54.6 Å². The molecule has 0 heterocycles. The van der Waals surface area contributed by atoms with Gasteiger partial charge < -0.3 is 11.1 Å². The molecule has 0 radical (unpaired) electrons. The molecule has 0 bridgehead atoms. The number of hydrogen-bond acceptors (Lipinski definition) is 2. The predicted molar refractivity (Wildman–Crippen MR) is 77.6 cm³/mol. The quantitative estimate of drug-likeness (QED) is 0.879. The van der Waals surface area contributed by atoms with E-state index < -0.39 is 17.3 Å². The molecule has 1 unspecified atom stereocenters. The molecule has 1 amide bonds. The monoisotopic (exact) mass is 272 g/mol. The predicted octanol–water partition coefficient (Wildman–Crippen LogP) is 3.03. The van der Waals surface area contributed by atoms with Crippen LogP contribution in [0.1, 0.15) is 18.9 Å². The maximum absolute atomic E-state index is 13.5. The van der Waals surface area contributed by atoms with E-state index in [1.54, 1.807) is 12.1 Å². The van der Waals surface area contributed by atoms with Crippen LogP contribution < -0.4 is 11.1 Å². The summed E-state index contributed by atoms with van der Waals surface area (Å²) in [6, 6.07) is 15.2. The van der Waals surface area contributed by atoms with Gasteiger partial charge in [0.25, 0.3) is 0 Å². The van der Waals surface area contributed by atoms with Gasteiger partial charge in [-0.05, 0) is 36.2 Å². The summed E-state index contributed by atoms with van der Waals surface area (Å²) < 4.78 is 13.5. The van der Waals surface area contributed by atoms with Gasteiger partial charge in [0.05, 0.1) is 0 Å². The zero-order valence-electron chi connectivity index (χ0n) is 11.3. The van der Waals surface area contributed by atoms with Crippen molar-refractivity contribution >= 4 is 11.6 Å². The van der Waals surface area contributed by atoms with Gasteiger partial charge in [0.1, 0.15) is 11.4 Å². The van der Waals surface area contributed by atoms with E-state index in [9.17, 15) is 9.18 Å². The lowest BCUT2D eigenvalue weighted by Crippen LogP contribution is -2.47. The minimum atomic E-state index is -1.12. The Bertz CT molecular complexity index is 600. The summed E-state index contributed by atoms with van der Waals surface area (Å²) in [5.41, 5.74) is 5.75. The molecule has 20 heavy (non-hydrogen) atoms. The largest absolute Gasteiger partial charge is 0.368 e. The van der Waals surface area contributed by atoms with Crippen LogP contribution in [0, 0.1) is 5.82 Å². The van der Waals surface area contributed by atoms with Crippen LogP contribution in [0.2, 0.25) is 0 Å². The SMILES string of the molecule is CCC(Nc1ccccc1)(C(N)=O)c1cccc(F)c1. The summed E-state index contributed by atoms with van der Waals surface area (Å²) in [5.74, 6) is -0.925. The second-order valence-corrected chi connectivity index (χ2v) is 4.62. The van der Waals surface area contributed by atoms with Gasteiger partial charge in [-0.1, -0.05) is 37.3 Å². The Balaban J connectivity index is 2.48. The molecule has 3 N–H and O–H groups in total. The molecule has 0 aliphatic rings. The molecule has 3 nitrogen and oxygen atoms in total. The lowest BCUT2D eigenvalue weighted by atomic mass is 9.86. The molecule has 0 saturated heterocycles. The topological polar surface area (TPSA) is 55.1 Å². The molecule has 0 spiro atoms. The number of hydrogen-bond donors (Lipinski definition) is 2. The maximum Gasteiger partial charge on any atom is 0.247 e. The highest BCUT2D eigenvalue weighted by atomic mass is 19.1. The third-order valence-electron chi connectivity index (χ3n) is 3.40. The minimum absolute atomic E-state index is 0.392. The number of amides is 1. The van der Waals surface area contributed by atoms with Gasteiger partial charge in [0, 0.05) is 5.69 Å². The number of para-hydroxylation sites is 1. The Hall–Kier alpha value is -2.36. The number of primary amides is 1. The summed E-state index contributed by atoms with van der Waals surface area (Å²) in [4.78, 5) is 12.0. The third kappa shape index (κ3) is 2.64.